The number of aromatic nitrogens is 2. The molecule has 4 nitrogen and oxygen atoms in total. The first-order valence-electron chi connectivity index (χ1n) is 17.6. The number of para-hydroxylation sites is 1. The van der Waals surface area contributed by atoms with Crippen LogP contribution in [0.4, 0.5) is 34.3 Å². The molecule has 0 saturated carbocycles. The van der Waals surface area contributed by atoms with Gasteiger partial charge in [0.05, 0.1) is 11.3 Å². The van der Waals surface area contributed by atoms with Gasteiger partial charge < -0.3 is 4.90 Å². The zero-order chi connectivity index (χ0) is 34.3. The summed E-state index contributed by atoms with van der Waals surface area (Å²) in [5.41, 5.74) is 11.8. The minimum Gasteiger partial charge on any atom is -0.310 e. The van der Waals surface area contributed by atoms with Gasteiger partial charge in [-0.05, 0) is 88.6 Å². The summed E-state index contributed by atoms with van der Waals surface area (Å²) in [6.45, 7) is 6.82. The highest BCUT2D eigenvalue weighted by Gasteiger charge is 2.44. The number of hydrogen-bond acceptors (Lipinski definition) is 4. The van der Waals surface area contributed by atoms with Crippen LogP contribution < -0.4 is 26.3 Å². The molecule has 8 aromatic rings. The molecule has 0 radical (unpaired) electrons. The van der Waals surface area contributed by atoms with Crippen molar-refractivity contribution in [2.24, 2.45) is 0 Å². The predicted molar refractivity (Wildman–Crippen MR) is 216 cm³/mol. The van der Waals surface area contributed by atoms with Crippen molar-refractivity contribution >= 4 is 85.7 Å². The lowest BCUT2D eigenvalue weighted by molar-refractivity contribution is 0.590. The Morgan fingerprint density at radius 1 is 0.667 bits per heavy atom. The van der Waals surface area contributed by atoms with E-state index in [0.717, 1.165) is 34.1 Å². The lowest BCUT2D eigenvalue weighted by Gasteiger charge is -2.38. The molecule has 0 unspecified atom stereocenters. The first-order valence-corrected chi connectivity index (χ1v) is 18.4. The average molecular weight is 675 g/mol. The van der Waals surface area contributed by atoms with E-state index in [1.807, 2.05) is 11.8 Å². The van der Waals surface area contributed by atoms with Gasteiger partial charge in [-0.15, -0.1) is 0 Å². The number of nitrogens with zero attached hydrogens (tertiary/aromatic N) is 4. The van der Waals surface area contributed by atoms with Crippen molar-refractivity contribution in [2.45, 2.75) is 36.0 Å². The standard InChI is InChI=1S/C45H35BN4S/c1-45(2,3)31-22-24-33(25-23-31)49(37-18-11-14-30-13-7-8-17-35(30)37)34-26-27-36-40(29-34)51-39-20-12-19-38-42(39)46(36)43-44(48-28-10-9-21-41(48)47-43)50(38)32-15-5-4-6-16-32/h4-29H,1-3H3. The molecule has 10 rings (SSSR count). The molecule has 6 heteroatoms. The second-order valence-electron chi connectivity index (χ2n) is 14.5. The number of imidazole rings is 1. The van der Waals surface area contributed by atoms with E-state index in [-0.39, 0.29) is 12.1 Å². The van der Waals surface area contributed by atoms with E-state index in [0.29, 0.717) is 0 Å². The van der Waals surface area contributed by atoms with E-state index in [1.54, 1.807) is 0 Å². The van der Waals surface area contributed by atoms with Crippen molar-refractivity contribution in [3.63, 3.8) is 0 Å². The van der Waals surface area contributed by atoms with E-state index >= 15 is 0 Å². The van der Waals surface area contributed by atoms with E-state index < -0.39 is 0 Å². The Bertz CT molecular complexity index is 2620. The lowest BCUT2D eigenvalue weighted by atomic mass is 9.37. The Kier molecular flexibility index (Phi) is 6.74. The van der Waals surface area contributed by atoms with Crippen LogP contribution in [0.1, 0.15) is 26.3 Å². The van der Waals surface area contributed by atoms with Gasteiger partial charge in [-0.25, -0.2) is 4.98 Å². The summed E-state index contributed by atoms with van der Waals surface area (Å²) in [6, 6.07) is 55.2. The summed E-state index contributed by atoms with van der Waals surface area (Å²) in [5.74, 6) is 1.10. The Labute approximate surface area is 303 Å². The molecule has 0 atom stereocenters. The third kappa shape index (κ3) is 4.74. The zero-order valence-corrected chi connectivity index (χ0v) is 29.6. The topological polar surface area (TPSA) is 23.8 Å². The summed E-state index contributed by atoms with van der Waals surface area (Å²) in [5, 5.41) is 2.45. The minimum absolute atomic E-state index is 0.00781. The molecule has 6 aromatic carbocycles. The molecule has 0 amide bonds. The third-order valence-electron chi connectivity index (χ3n) is 10.4. The van der Waals surface area contributed by atoms with Crippen LogP contribution in [0.2, 0.25) is 0 Å². The number of anilines is 6. The van der Waals surface area contributed by atoms with Crippen molar-refractivity contribution in [3.05, 3.63) is 163 Å². The van der Waals surface area contributed by atoms with Gasteiger partial charge >= 0.3 is 0 Å². The fourth-order valence-electron chi connectivity index (χ4n) is 7.96. The number of fused-ring (bicyclic) bond motifs is 7. The van der Waals surface area contributed by atoms with Crippen molar-refractivity contribution < 1.29 is 0 Å². The molecule has 4 heterocycles. The quantitative estimate of drug-likeness (QED) is 0.174. The Morgan fingerprint density at radius 3 is 2.25 bits per heavy atom. The molecule has 0 spiro atoms. The zero-order valence-electron chi connectivity index (χ0n) is 28.8. The molecule has 0 bridgehead atoms. The van der Waals surface area contributed by atoms with Crippen LogP contribution in [0.25, 0.3) is 16.4 Å². The molecule has 0 N–H and O–H groups in total. The van der Waals surface area contributed by atoms with Crippen molar-refractivity contribution in [1.82, 2.24) is 9.38 Å². The number of rotatable bonds is 4. The number of pyridine rings is 1. The van der Waals surface area contributed by atoms with Gasteiger partial charge in [0, 0.05) is 44.1 Å². The van der Waals surface area contributed by atoms with Crippen LogP contribution in [0.3, 0.4) is 0 Å². The average Bonchev–Trinajstić information content (AvgIpc) is 3.54. The van der Waals surface area contributed by atoms with Crippen LogP contribution in [-0.4, -0.2) is 16.1 Å². The lowest BCUT2D eigenvalue weighted by Crippen LogP contribution is -2.60. The van der Waals surface area contributed by atoms with Crippen molar-refractivity contribution in [1.29, 1.82) is 0 Å². The largest absolute Gasteiger partial charge is 0.310 e. The predicted octanol–water partition coefficient (Wildman–Crippen LogP) is 10.0. The highest BCUT2D eigenvalue weighted by Crippen LogP contribution is 2.44. The van der Waals surface area contributed by atoms with Gasteiger partial charge in [-0.1, -0.05) is 123 Å². The fraction of sp³-hybridized carbons (Fsp3) is 0.0889. The molecule has 0 aliphatic carbocycles. The molecule has 51 heavy (non-hydrogen) atoms. The van der Waals surface area contributed by atoms with E-state index in [9.17, 15) is 0 Å². The van der Waals surface area contributed by atoms with Crippen molar-refractivity contribution in [3.8, 4) is 0 Å². The van der Waals surface area contributed by atoms with E-state index in [2.05, 4.69) is 193 Å². The maximum absolute atomic E-state index is 5.37. The molecule has 2 aromatic heterocycles. The fourth-order valence-corrected chi connectivity index (χ4v) is 9.16. The normalized spacial score (nSPS) is 13.2. The van der Waals surface area contributed by atoms with Gasteiger partial charge in [-0.2, -0.15) is 0 Å². The van der Waals surface area contributed by atoms with Crippen molar-refractivity contribution in [2.75, 3.05) is 9.80 Å². The van der Waals surface area contributed by atoms with Gasteiger partial charge in [0.2, 0.25) is 0 Å². The SMILES string of the molecule is CC(C)(C)c1ccc(N(c2ccc3c(c2)Sc2cccc4c2B3c2nc3ccccn3c2N4c2ccccc2)c2cccc3ccccc23)cc1. The summed E-state index contributed by atoms with van der Waals surface area (Å²) in [6.07, 6.45) is 2.14. The maximum Gasteiger partial charge on any atom is 0.275 e. The number of benzene rings is 6. The second kappa shape index (κ2) is 11.4. The Balaban J connectivity index is 1.18. The highest BCUT2D eigenvalue weighted by molar-refractivity contribution is 8.00. The molecule has 244 valence electrons. The third-order valence-corrected chi connectivity index (χ3v) is 11.5. The minimum atomic E-state index is 0.00781. The molecular formula is C45H35BN4S. The second-order valence-corrected chi connectivity index (χ2v) is 15.6. The van der Waals surface area contributed by atoms with Crippen LogP contribution >= 0.6 is 11.8 Å². The Morgan fingerprint density at radius 2 is 1.41 bits per heavy atom. The van der Waals surface area contributed by atoms with Crippen LogP contribution in [0, 0.1) is 0 Å². The molecule has 0 fully saturated rings. The van der Waals surface area contributed by atoms with Crippen LogP contribution in [-0.2, 0) is 5.41 Å². The number of hydrogen-bond donors (Lipinski definition) is 0. The Hall–Kier alpha value is -5.72. The van der Waals surface area contributed by atoms with Gasteiger partial charge in [0.1, 0.15) is 11.5 Å². The summed E-state index contributed by atoms with van der Waals surface area (Å²) >= 11 is 1.87. The van der Waals surface area contributed by atoms with Crippen LogP contribution in [0.5, 0.6) is 0 Å². The molecular weight excluding hydrogens is 639 g/mol. The summed E-state index contributed by atoms with van der Waals surface area (Å²) < 4.78 is 2.25. The summed E-state index contributed by atoms with van der Waals surface area (Å²) in [7, 11) is 0. The monoisotopic (exact) mass is 674 g/mol. The molecule has 2 aliphatic rings. The van der Waals surface area contributed by atoms with Gasteiger partial charge in [0.25, 0.3) is 6.71 Å². The van der Waals surface area contributed by atoms with Gasteiger partial charge in [0.15, 0.2) is 0 Å². The summed E-state index contributed by atoms with van der Waals surface area (Å²) in [4.78, 5) is 12.7. The first kappa shape index (κ1) is 30.1. The smallest absolute Gasteiger partial charge is 0.275 e. The van der Waals surface area contributed by atoms with E-state index in [1.165, 1.54) is 48.4 Å². The van der Waals surface area contributed by atoms with Gasteiger partial charge in [-0.3, -0.25) is 9.30 Å². The molecule has 0 saturated heterocycles. The highest BCUT2D eigenvalue weighted by atomic mass is 32.2. The first-order chi connectivity index (χ1) is 24.9. The van der Waals surface area contributed by atoms with E-state index in [4.69, 9.17) is 4.98 Å². The maximum atomic E-state index is 5.37. The van der Waals surface area contributed by atoms with Crippen LogP contribution in [0.15, 0.2) is 168 Å². The molecule has 2 aliphatic heterocycles.